The summed E-state index contributed by atoms with van der Waals surface area (Å²) in [6.07, 6.45) is 10.5. The molecule has 0 unspecified atom stereocenters. The normalized spacial score (nSPS) is 20.3. The highest BCUT2D eigenvalue weighted by molar-refractivity contribution is 5.64. The fraction of sp³-hybridized carbons (Fsp3) is 0.520. The first-order valence-electron chi connectivity index (χ1n) is 10.7. The van der Waals surface area contributed by atoms with Crippen LogP contribution >= 0.6 is 0 Å². The predicted molar refractivity (Wildman–Crippen MR) is 110 cm³/mol. The average molecular weight is 389 g/mol. The lowest BCUT2D eigenvalue weighted by Crippen LogP contribution is -2.13. The number of hydrogen-bond donors (Lipinski definition) is 0. The molecule has 0 N–H and O–H groups in total. The van der Waals surface area contributed by atoms with Crippen molar-refractivity contribution >= 4 is 0 Å². The molecule has 0 radical (unpaired) electrons. The molecule has 152 valence electrons. The van der Waals surface area contributed by atoms with Crippen LogP contribution in [-0.4, -0.2) is 0 Å². The predicted octanol–water partition coefficient (Wildman–Crippen LogP) is 8.46. The van der Waals surface area contributed by atoms with Gasteiger partial charge in [-0.3, -0.25) is 0 Å². The molecule has 0 nitrogen and oxygen atoms in total. The van der Waals surface area contributed by atoms with Gasteiger partial charge in [0.25, 0.3) is 5.92 Å². The van der Waals surface area contributed by atoms with Crippen molar-refractivity contribution in [3.05, 3.63) is 59.4 Å². The maximum atomic E-state index is 14.1. The minimum absolute atomic E-state index is 0.552. The fourth-order valence-corrected chi connectivity index (χ4v) is 4.47. The van der Waals surface area contributed by atoms with Crippen molar-refractivity contribution in [2.45, 2.75) is 77.1 Å². The SMILES string of the molecule is CCCCC[C@H]1CC[C@H](c2ccc(-c3ccc(C(C)(F)F)c(F)c3)cc2)CC1. The number of halogens is 3. The number of hydrogen-bond acceptors (Lipinski definition) is 0. The Morgan fingerprint density at radius 2 is 1.54 bits per heavy atom. The Morgan fingerprint density at radius 1 is 0.893 bits per heavy atom. The Bertz CT molecular complexity index is 750. The number of benzene rings is 2. The number of alkyl halides is 2. The summed E-state index contributed by atoms with van der Waals surface area (Å²) in [6.45, 7) is 2.97. The van der Waals surface area contributed by atoms with E-state index in [1.54, 1.807) is 6.07 Å². The summed E-state index contributed by atoms with van der Waals surface area (Å²) >= 11 is 0. The summed E-state index contributed by atoms with van der Waals surface area (Å²) in [5.74, 6) is -2.52. The second-order valence-corrected chi connectivity index (χ2v) is 8.42. The molecule has 0 aliphatic heterocycles. The molecule has 0 saturated heterocycles. The minimum Gasteiger partial charge on any atom is -0.206 e. The molecule has 1 aliphatic rings. The zero-order valence-electron chi connectivity index (χ0n) is 17.0. The molecule has 3 heteroatoms. The van der Waals surface area contributed by atoms with E-state index in [0.717, 1.165) is 18.4 Å². The first kappa shape index (κ1) is 21.0. The smallest absolute Gasteiger partial charge is 0.206 e. The molecule has 0 heterocycles. The summed E-state index contributed by atoms with van der Waals surface area (Å²) in [4.78, 5) is 0. The molecule has 0 spiro atoms. The summed E-state index contributed by atoms with van der Waals surface area (Å²) < 4.78 is 40.8. The molecule has 0 amide bonds. The summed E-state index contributed by atoms with van der Waals surface area (Å²) in [7, 11) is 0. The third-order valence-electron chi connectivity index (χ3n) is 6.22. The van der Waals surface area contributed by atoms with Gasteiger partial charge in [-0.25, -0.2) is 13.2 Å². The molecule has 1 fully saturated rings. The maximum absolute atomic E-state index is 14.1. The van der Waals surface area contributed by atoms with Crippen molar-refractivity contribution in [1.29, 1.82) is 0 Å². The first-order chi connectivity index (χ1) is 13.4. The van der Waals surface area contributed by atoms with Crippen LogP contribution in [0.3, 0.4) is 0 Å². The second kappa shape index (κ2) is 9.15. The summed E-state index contributed by atoms with van der Waals surface area (Å²) in [5.41, 5.74) is 2.29. The van der Waals surface area contributed by atoms with Crippen LogP contribution in [0.1, 0.15) is 82.3 Å². The van der Waals surface area contributed by atoms with Crippen LogP contribution in [0.5, 0.6) is 0 Å². The van der Waals surface area contributed by atoms with Crippen molar-refractivity contribution < 1.29 is 13.2 Å². The van der Waals surface area contributed by atoms with Crippen molar-refractivity contribution in [2.24, 2.45) is 5.92 Å². The average Bonchev–Trinajstić information content (AvgIpc) is 2.68. The van der Waals surface area contributed by atoms with E-state index >= 15 is 0 Å². The fourth-order valence-electron chi connectivity index (χ4n) is 4.47. The van der Waals surface area contributed by atoms with Gasteiger partial charge < -0.3 is 0 Å². The Hall–Kier alpha value is -1.77. The maximum Gasteiger partial charge on any atom is 0.273 e. The molecule has 2 aromatic carbocycles. The standard InChI is InChI=1S/C25H31F3/c1-3-4-5-6-18-7-9-19(10-8-18)20-11-13-21(14-12-20)22-15-16-23(24(26)17-22)25(2,27)28/h11-19H,3-10H2,1-2H3/t18-,19-. The quantitative estimate of drug-likeness (QED) is 0.417. The Morgan fingerprint density at radius 3 is 2.11 bits per heavy atom. The van der Waals surface area contributed by atoms with E-state index in [1.807, 2.05) is 12.1 Å². The molecule has 1 aliphatic carbocycles. The van der Waals surface area contributed by atoms with Crippen LogP contribution in [0.4, 0.5) is 13.2 Å². The minimum atomic E-state index is -3.16. The van der Waals surface area contributed by atoms with E-state index in [9.17, 15) is 13.2 Å². The molecule has 3 rings (SSSR count). The van der Waals surface area contributed by atoms with Crippen molar-refractivity contribution in [3.63, 3.8) is 0 Å². The largest absolute Gasteiger partial charge is 0.273 e. The van der Waals surface area contributed by atoms with E-state index in [1.165, 1.54) is 69.1 Å². The van der Waals surface area contributed by atoms with E-state index < -0.39 is 17.3 Å². The molecule has 1 saturated carbocycles. The van der Waals surface area contributed by atoms with Crippen molar-refractivity contribution in [2.75, 3.05) is 0 Å². The van der Waals surface area contributed by atoms with Crippen LogP contribution in [0, 0.1) is 11.7 Å². The van der Waals surface area contributed by atoms with Crippen LogP contribution < -0.4 is 0 Å². The van der Waals surface area contributed by atoms with Crippen molar-refractivity contribution in [1.82, 2.24) is 0 Å². The molecule has 0 aromatic heterocycles. The van der Waals surface area contributed by atoms with Gasteiger partial charge in [0.15, 0.2) is 0 Å². The zero-order chi connectivity index (χ0) is 20.1. The van der Waals surface area contributed by atoms with Gasteiger partial charge in [0.05, 0.1) is 5.56 Å². The molecular formula is C25H31F3. The molecular weight excluding hydrogens is 357 g/mol. The molecule has 0 atom stereocenters. The van der Waals surface area contributed by atoms with Crippen LogP contribution in [-0.2, 0) is 5.92 Å². The lowest BCUT2D eigenvalue weighted by molar-refractivity contribution is 0.0138. The third kappa shape index (κ3) is 5.18. The molecule has 2 aromatic rings. The molecule has 28 heavy (non-hydrogen) atoms. The third-order valence-corrected chi connectivity index (χ3v) is 6.22. The molecule has 0 bridgehead atoms. The van der Waals surface area contributed by atoms with Gasteiger partial charge in [0.2, 0.25) is 0 Å². The topological polar surface area (TPSA) is 0 Å². The van der Waals surface area contributed by atoms with Crippen LogP contribution in [0.15, 0.2) is 42.5 Å². The number of unbranched alkanes of at least 4 members (excludes halogenated alkanes) is 2. The summed E-state index contributed by atoms with van der Waals surface area (Å²) in [6, 6.07) is 12.2. The second-order valence-electron chi connectivity index (χ2n) is 8.42. The Kier molecular flexibility index (Phi) is 6.85. The Labute approximate surface area is 167 Å². The number of rotatable bonds is 7. The zero-order valence-corrected chi connectivity index (χ0v) is 17.0. The Balaban J connectivity index is 1.62. The summed E-state index contributed by atoms with van der Waals surface area (Å²) in [5, 5.41) is 0. The van der Waals surface area contributed by atoms with Gasteiger partial charge in [-0.1, -0.05) is 62.9 Å². The first-order valence-corrected chi connectivity index (χ1v) is 10.7. The van der Waals surface area contributed by atoms with Crippen molar-refractivity contribution in [3.8, 4) is 11.1 Å². The monoisotopic (exact) mass is 388 g/mol. The van der Waals surface area contributed by atoms with Gasteiger partial charge in [0, 0.05) is 6.92 Å². The highest BCUT2D eigenvalue weighted by atomic mass is 19.3. The lowest BCUT2D eigenvalue weighted by atomic mass is 9.77. The van der Waals surface area contributed by atoms with Gasteiger partial charge in [-0.15, -0.1) is 0 Å². The lowest BCUT2D eigenvalue weighted by Gasteiger charge is -2.29. The van der Waals surface area contributed by atoms with E-state index in [4.69, 9.17) is 0 Å². The van der Waals surface area contributed by atoms with E-state index in [-0.39, 0.29) is 0 Å². The van der Waals surface area contributed by atoms with Crippen LogP contribution in [0.2, 0.25) is 0 Å². The highest BCUT2D eigenvalue weighted by Crippen LogP contribution is 2.38. The van der Waals surface area contributed by atoms with E-state index in [2.05, 4.69) is 19.1 Å². The van der Waals surface area contributed by atoms with Crippen LogP contribution in [0.25, 0.3) is 11.1 Å². The van der Waals surface area contributed by atoms with E-state index in [0.29, 0.717) is 11.5 Å². The van der Waals surface area contributed by atoms with Gasteiger partial charge in [-0.2, -0.15) is 0 Å². The van der Waals surface area contributed by atoms with Gasteiger partial charge >= 0.3 is 0 Å². The van der Waals surface area contributed by atoms with Gasteiger partial charge in [0.1, 0.15) is 5.82 Å². The van der Waals surface area contributed by atoms with Gasteiger partial charge in [-0.05, 0) is 66.3 Å². The highest BCUT2D eigenvalue weighted by Gasteiger charge is 2.28.